The van der Waals surface area contributed by atoms with Crippen LogP contribution < -0.4 is 10.2 Å². The van der Waals surface area contributed by atoms with Gasteiger partial charge in [0.1, 0.15) is 11.5 Å². The minimum absolute atomic E-state index is 0.255. The van der Waals surface area contributed by atoms with E-state index < -0.39 is 0 Å². The van der Waals surface area contributed by atoms with Gasteiger partial charge in [-0.3, -0.25) is 4.79 Å². The number of nitrogens with zero attached hydrogens (tertiary/aromatic N) is 4. The fourth-order valence-corrected chi connectivity index (χ4v) is 2.41. The van der Waals surface area contributed by atoms with Gasteiger partial charge >= 0.3 is 0 Å². The largest absolute Gasteiger partial charge is 0.355 e. The molecule has 1 saturated heterocycles. The number of benzene rings is 1. The Morgan fingerprint density at radius 3 is 2.73 bits per heavy atom. The van der Waals surface area contributed by atoms with Crippen molar-refractivity contribution in [2.45, 2.75) is 12.8 Å². The van der Waals surface area contributed by atoms with Crippen molar-refractivity contribution in [2.75, 3.05) is 23.3 Å². The summed E-state index contributed by atoms with van der Waals surface area (Å²) in [4.78, 5) is 22.8. The Kier molecular flexibility index (Phi) is 3.97. The predicted molar refractivity (Wildman–Crippen MR) is 82.6 cm³/mol. The van der Waals surface area contributed by atoms with Gasteiger partial charge in [-0.1, -0.05) is 6.07 Å². The first-order valence-electron chi connectivity index (χ1n) is 7.15. The SMILES string of the molecule is N#Cc1cccc(NC(=O)c2cnc(N3CCCC3)cn2)c1. The Balaban J connectivity index is 1.70. The first-order valence-corrected chi connectivity index (χ1v) is 7.15. The van der Waals surface area contributed by atoms with Crippen molar-refractivity contribution in [3.8, 4) is 6.07 Å². The lowest BCUT2D eigenvalue weighted by molar-refractivity contribution is 0.102. The van der Waals surface area contributed by atoms with Crippen LogP contribution in [0.2, 0.25) is 0 Å². The number of nitriles is 1. The molecule has 0 unspecified atom stereocenters. The molecule has 1 amide bonds. The zero-order valence-electron chi connectivity index (χ0n) is 12.0. The quantitative estimate of drug-likeness (QED) is 0.938. The minimum Gasteiger partial charge on any atom is -0.355 e. The summed E-state index contributed by atoms with van der Waals surface area (Å²) >= 11 is 0. The van der Waals surface area contributed by atoms with Crippen LogP contribution in [0.3, 0.4) is 0 Å². The van der Waals surface area contributed by atoms with Crippen molar-refractivity contribution in [3.05, 3.63) is 47.9 Å². The van der Waals surface area contributed by atoms with Gasteiger partial charge in [0.25, 0.3) is 5.91 Å². The van der Waals surface area contributed by atoms with Crippen LogP contribution in [0, 0.1) is 11.3 Å². The van der Waals surface area contributed by atoms with Crippen LogP contribution in [0.1, 0.15) is 28.9 Å². The smallest absolute Gasteiger partial charge is 0.275 e. The summed E-state index contributed by atoms with van der Waals surface area (Å²) < 4.78 is 0. The molecule has 1 aromatic heterocycles. The highest BCUT2D eigenvalue weighted by atomic mass is 16.1. The third-order valence-electron chi connectivity index (χ3n) is 3.55. The first kappa shape index (κ1) is 14.0. The summed E-state index contributed by atoms with van der Waals surface area (Å²) in [6.07, 6.45) is 5.45. The van der Waals surface area contributed by atoms with E-state index in [1.54, 1.807) is 30.5 Å². The summed E-state index contributed by atoms with van der Waals surface area (Å²) in [6, 6.07) is 8.78. The van der Waals surface area contributed by atoms with E-state index in [4.69, 9.17) is 5.26 Å². The molecule has 22 heavy (non-hydrogen) atoms. The van der Waals surface area contributed by atoms with Gasteiger partial charge < -0.3 is 10.2 Å². The fourth-order valence-electron chi connectivity index (χ4n) is 2.41. The van der Waals surface area contributed by atoms with Crippen molar-refractivity contribution in [1.82, 2.24) is 9.97 Å². The van der Waals surface area contributed by atoms with Crippen molar-refractivity contribution >= 4 is 17.4 Å². The molecule has 0 bridgehead atoms. The molecule has 2 aromatic rings. The lowest BCUT2D eigenvalue weighted by Gasteiger charge is -2.15. The molecule has 1 fully saturated rings. The van der Waals surface area contributed by atoms with Gasteiger partial charge in [-0.05, 0) is 31.0 Å². The second-order valence-electron chi connectivity index (χ2n) is 5.10. The summed E-state index contributed by atoms with van der Waals surface area (Å²) in [5, 5.41) is 11.6. The van der Waals surface area contributed by atoms with Crippen LogP contribution in [0.4, 0.5) is 11.5 Å². The monoisotopic (exact) mass is 293 g/mol. The Morgan fingerprint density at radius 2 is 2.05 bits per heavy atom. The van der Waals surface area contributed by atoms with Crippen LogP contribution in [0.25, 0.3) is 0 Å². The van der Waals surface area contributed by atoms with E-state index in [0.717, 1.165) is 18.9 Å². The number of amides is 1. The van der Waals surface area contributed by atoms with Gasteiger partial charge in [0.15, 0.2) is 0 Å². The van der Waals surface area contributed by atoms with Gasteiger partial charge in [-0.2, -0.15) is 5.26 Å². The third-order valence-corrected chi connectivity index (χ3v) is 3.55. The second kappa shape index (κ2) is 6.22. The van der Waals surface area contributed by atoms with E-state index in [2.05, 4.69) is 20.2 Å². The number of hydrogen-bond donors (Lipinski definition) is 1. The first-order chi connectivity index (χ1) is 10.8. The Morgan fingerprint density at radius 1 is 1.23 bits per heavy atom. The number of anilines is 2. The molecule has 2 heterocycles. The van der Waals surface area contributed by atoms with Gasteiger partial charge in [0.05, 0.1) is 24.0 Å². The molecule has 0 aliphatic carbocycles. The average molecular weight is 293 g/mol. The number of carbonyl (C=O) groups excluding carboxylic acids is 1. The normalized spacial score (nSPS) is 13.7. The lowest BCUT2D eigenvalue weighted by Crippen LogP contribution is -2.20. The zero-order valence-corrected chi connectivity index (χ0v) is 12.0. The molecule has 110 valence electrons. The Bertz CT molecular complexity index is 714. The average Bonchev–Trinajstić information content (AvgIpc) is 3.09. The maximum absolute atomic E-state index is 12.1. The van der Waals surface area contributed by atoms with E-state index in [9.17, 15) is 4.79 Å². The number of aromatic nitrogens is 2. The summed E-state index contributed by atoms with van der Waals surface area (Å²) in [5.74, 6) is 0.469. The predicted octanol–water partition coefficient (Wildman–Crippen LogP) is 2.20. The standard InChI is InChI=1S/C16H15N5O/c17-9-12-4-3-5-13(8-12)20-16(22)14-10-19-15(11-18-14)21-6-1-2-7-21/h3-5,8,10-11H,1-2,6-7H2,(H,20,22). The molecule has 1 aliphatic rings. The summed E-state index contributed by atoms with van der Waals surface area (Å²) in [5.41, 5.74) is 1.31. The molecular formula is C16H15N5O. The molecule has 1 aromatic carbocycles. The molecule has 6 heteroatoms. The second-order valence-corrected chi connectivity index (χ2v) is 5.10. The van der Waals surface area contributed by atoms with Crippen molar-refractivity contribution in [1.29, 1.82) is 5.26 Å². The van der Waals surface area contributed by atoms with E-state index in [1.807, 2.05) is 6.07 Å². The topological polar surface area (TPSA) is 81.9 Å². The van der Waals surface area contributed by atoms with Crippen LogP contribution in [-0.4, -0.2) is 29.0 Å². The molecule has 3 rings (SSSR count). The minimum atomic E-state index is -0.337. The number of hydrogen-bond acceptors (Lipinski definition) is 5. The molecule has 6 nitrogen and oxygen atoms in total. The van der Waals surface area contributed by atoms with Crippen LogP contribution in [0.5, 0.6) is 0 Å². The third kappa shape index (κ3) is 3.04. The maximum Gasteiger partial charge on any atom is 0.275 e. The summed E-state index contributed by atoms with van der Waals surface area (Å²) in [7, 11) is 0. The highest BCUT2D eigenvalue weighted by Gasteiger charge is 2.15. The fraction of sp³-hybridized carbons (Fsp3) is 0.250. The van der Waals surface area contributed by atoms with E-state index >= 15 is 0 Å². The number of rotatable bonds is 3. The maximum atomic E-state index is 12.1. The molecule has 1 aliphatic heterocycles. The van der Waals surface area contributed by atoms with Crippen molar-refractivity contribution in [2.24, 2.45) is 0 Å². The van der Waals surface area contributed by atoms with Crippen molar-refractivity contribution in [3.63, 3.8) is 0 Å². The molecule has 0 atom stereocenters. The molecule has 1 N–H and O–H groups in total. The highest BCUT2D eigenvalue weighted by Crippen LogP contribution is 2.16. The molecular weight excluding hydrogens is 278 g/mol. The molecule has 0 radical (unpaired) electrons. The summed E-state index contributed by atoms with van der Waals surface area (Å²) in [6.45, 7) is 1.97. The number of carbonyl (C=O) groups is 1. The van der Waals surface area contributed by atoms with Gasteiger partial charge in [-0.25, -0.2) is 9.97 Å². The van der Waals surface area contributed by atoms with E-state index in [-0.39, 0.29) is 11.6 Å². The van der Waals surface area contributed by atoms with Crippen molar-refractivity contribution < 1.29 is 4.79 Å². The highest BCUT2D eigenvalue weighted by molar-refractivity contribution is 6.02. The molecule has 0 saturated carbocycles. The van der Waals surface area contributed by atoms with E-state index in [1.165, 1.54) is 19.0 Å². The van der Waals surface area contributed by atoms with Gasteiger partial charge in [0.2, 0.25) is 0 Å². The van der Waals surface area contributed by atoms with Gasteiger partial charge in [-0.15, -0.1) is 0 Å². The van der Waals surface area contributed by atoms with E-state index in [0.29, 0.717) is 11.3 Å². The van der Waals surface area contributed by atoms with Gasteiger partial charge in [0, 0.05) is 18.8 Å². The van der Waals surface area contributed by atoms with Crippen LogP contribution in [0.15, 0.2) is 36.7 Å². The van der Waals surface area contributed by atoms with Crippen LogP contribution in [-0.2, 0) is 0 Å². The van der Waals surface area contributed by atoms with Crippen LogP contribution >= 0.6 is 0 Å². The Hall–Kier alpha value is -2.94. The lowest BCUT2D eigenvalue weighted by atomic mass is 10.2. The zero-order chi connectivity index (χ0) is 15.4. The number of nitrogens with one attached hydrogen (secondary N) is 1. The Labute approximate surface area is 128 Å². The molecule has 0 spiro atoms.